The Morgan fingerprint density at radius 2 is 1.86 bits per heavy atom. The number of nitrogens with zero attached hydrogens (tertiary/aromatic N) is 4. The van der Waals surface area contributed by atoms with E-state index >= 15 is 0 Å². The molecular weight excluding hydrogens is 563 g/mol. The van der Waals surface area contributed by atoms with E-state index in [9.17, 15) is 23.2 Å². The van der Waals surface area contributed by atoms with Crippen LogP contribution in [0.3, 0.4) is 0 Å². The predicted molar refractivity (Wildman–Crippen MR) is 156 cm³/mol. The summed E-state index contributed by atoms with van der Waals surface area (Å²) in [4.78, 5) is 29.7. The van der Waals surface area contributed by atoms with Crippen molar-refractivity contribution in [3.63, 3.8) is 0 Å². The molecule has 12 heteroatoms. The molecule has 0 radical (unpaired) electrons. The largest absolute Gasteiger partial charge is 0.493 e. The Labute approximate surface area is 248 Å². The van der Waals surface area contributed by atoms with Crippen LogP contribution in [0.5, 0.6) is 5.75 Å². The molecule has 3 aromatic rings. The fourth-order valence-corrected chi connectivity index (χ4v) is 5.08. The average molecular weight is 598 g/mol. The number of ether oxygens (including phenoxy) is 1. The standard InChI is InChI=1S/C30H32F3N5O2.CH2O2/c1-4-40-27-8-6-5-7-24(27)25-11-9-23(19-35-25)29(36-28(39)20-37(2)3)13-15-38(16-14-29)26-12-10-22(30(31,32)33)17-21(26)18-34;2-1-3/h5-12,17,19H,4,13-16,20H2,1-3H3,(H,36,39);1H,(H,2,3). The summed E-state index contributed by atoms with van der Waals surface area (Å²) < 4.78 is 45.3. The number of halogens is 3. The number of nitriles is 1. The van der Waals surface area contributed by atoms with Gasteiger partial charge in [0.2, 0.25) is 5.91 Å². The Bertz CT molecular complexity index is 1430. The van der Waals surface area contributed by atoms with E-state index in [0.717, 1.165) is 34.7 Å². The first kappa shape index (κ1) is 32.9. The predicted octanol–water partition coefficient (Wildman–Crippen LogP) is 4.91. The maximum absolute atomic E-state index is 13.2. The molecule has 4 rings (SSSR count). The number of aromatic nitrogens is 1. The van der Waals surface area contributed by atoms with Crippen LogP contribution in [0.1, 0.15) is 36.5 Å². The fourth-order valence-electron chi connectivity index (χ4n) is 5.08. The highest BCUT2D eigenvalue weighted by Gasteiger charge is 2.39. The molecule has 1 aliphatic heterocycles. The topological polar surface area (TPSA) is 119 Å². The van der Waals surface area contributed by atoms with Gasteiger partial charge in [-0.05, 0) is 75.8 Å². The maximum atomic E-state index is 13.2. The second-order valence-electron chi connectivity index (χ2n) is 10.2. The van der Waals surface area contributed by atoms with Crippen LogP contribution in [0.15, 0.2) is 60.8 Å². The highest BCUT2D eigenvalue weighted by atomic mass is 19.4. The number of carbonyl (C=O) groups is 2. The number of para-hydroxylation sites is 1. The van der Waals surface area contributed by atoms with Crippen molar-refractivity contribution in [2.75, 3.05) is 45.2 Å². The molecular formula is C31H34F3N5O4. The molecule has 0 aliphatic carbocycles. The molecule has 9 nitrogen and oxygen atoms in total. The lowest BCUT2D eigenvalue weighted by Crippen LogP contribution is -2.54. The highest BCUT2D eigenvalue weighted by Crippen LogP contribution is 2.38. The van der Waals surface area contributed by atoms with Gasteiger partial charge < -0.3 is 25.0 Å². The van der Waals surface area contributed by atoms with Crippen LogP contribution in [0.25, 0.3) is 11.3 Å². The van der Waals surface area contributed by atoms with Gasteiger partial charge in [-0.3, -0.25) is 14.6 Å². The van der Waals surface area contributed by atoms with Gasteiger partial charge in [-0.1, -0.05) is 18.2 Å². The monoisotopic (exact) mass is 597 g/mol. The molecule has 2 heterocycles. The number of carboxylic acid groups (broad SMARTS) is 1. The van der Waals surface area contributed by atoms with Crippen LogP contribution in [0.2, 0.25) is 0 Å². The van der Waals surface area contributed by atoms with Crippen molar-refractivity contribution in [1.82, 2.24) is 15.2 Å². The van der Waals surface area contributed by atoms with E-state index in [1.54, 1.807) is 11.1 Å². The Balaban J connectivity index is 0.00000162. The number of benzene rings is 2. The summed E-state index contributed by atoms with van der Waals surface area (Å²) in [7, 11) is 3.63. The number of anilines is 1. The van der Waals surface area contributed by atoms with Crippen molar-refractivity contribution in [3.8, 4) is 23.1 Å². The van der Waals surface area contributed by atoms with Crippen molar-refractivity contribution in [2.24, 2.45) is 0 Å². The van der Waals surface area contributed by atoms with E-state index in [4.69, 9.17) is 19.6 Å². The smallest absolute Gasteiger partial charge is 0.416 e. The fraction of sp³-hybridized carbons (Fsp3) is 0.355. The lowest BCUT2D eigenvalue weighted by Gasteiger charge is -2.44. The molecule has 2 N–H and O–H groups in total. The van der Waals surface area contributed by atoms with Crippen LogP contribution >= 0.6 is 0 Å². The maximum Gasteiger partial charge on any atom is 0.416 e. The Morgan fingerprint density at radius 3 is 2.42 bits per heavy atom. The normalized spacial score (nSPS) is 14.2. The number of hydrogen-bond acceptors (Lipinski definition) is 7. The van der Waals surface area contributed by atoms with Crippen LogP contribution in [0.4, 0.5) is 18.9 Å². The van der Waals surface area contributed by atoms with Gasteiger partial charge in [0, 0.05) is 24.8 Å². The van der Waals surface area contributed by atoms with E-state index < -0.39 is 17.3 Å². The number of alkyl halides is 3. The molecule has 1 amide bonds. The number of rotatable bonds is 8. The summed E-state index contributed by atoms with van der Waals surface area (Å²) in [6.45, 7) is 3.26. The lowest BCUT2D eigenvalue weighted by atomic mass is 9.81. The molecule has 1 fully saturated rings. The van der Waals surface area contributed by atoms with Crippen LogP contribution in [0, 0.1) is 11.3 Å². The molecule has 0 atom stereocenters. The van der Waals surface area contributed by atoms with Crippen molar-refractivity contribution < 1.29 is 32.6 Å². The van der Waals surface area contributed by atoms with Gasteiger partial charge in [0.1, 0.15) is 11.8 Å². The summed E-state index contributed by atoms with van der Waals surface area (Å²) in [6.07, 6.45) is -1.80. The van der Waals surface area contributed by atoms with Gasteiger partial charge in [-0.15, -0.1) is 0 Å². The second kappa shape index (κ2) is 14.5. The van der Waals surface area contributed by atoms with Crippen LogP contribution in [-0.2, 0) is 21.3 Å². The zero-order valence-electron chi connectivity index (χ0n) is 24.2. The van der Waals surface area contributed by atoms with Gasteiger partial charge in [0.25, 0.3) is 6.47 Å². The van der Waals surface area contributed by atoms with E-state index in [1.165, 1.54) is 6.07 Å². The van der Waals surface area contributed by atoms with Gasteiger partial charge in [0.05, 0.1) is 41.2 Å². The Morgan fingerprint density at radius 1 is 1.19 bits per heavy atom. The number of likely N-dealkylation sites (N-methyl/N-ethyl adjacent to an activating group) is 1. The third-order valence-electron chi connectivity index (χ3n) is 7.02. The molecule has 2 aromatic carbocycles. The summed E-state index contributed by atoms with van der Waals surface area (Å²) in [5.74, 6) is 0.592. The summed E-state index contributed by atoms with van der Waals surface area (Å²) in [6, 6.07) is 16.7. The zero-order chi connectivity index (χ0) is 31.6. The third-order valence-corrected chi connectivity index (χ3v) is 7.02. The minimum Gasteiger partial charge on any atom is -0.493 e. The first-order valence-corrected chi connectivity index (χ1v) is 13.6. The lowest BCUT2D eigenvalue weighted by molar-refractivity contribution is -0.137. The number of nitrogens with one attached hydrogen (secondary N) is 1. The molecule has 43 heavy (non-hydrogen) atoms. The number of piperidine rings is 1. The number of hydrogen-bond donors (Lipinski definition) is 2. The number of carbonyl (C=O) groups excluding carboxylic acids is 1. The third kappa shape index (κ3) is 8.23. The summed E-state index contributed by atoms with van der Waals surface area (Å²) in [5, 5.41) is 19.7. The molecule has 1 aromatic heterocycles. The van der Waals surface area contributed by atoms with Gasteiger partial charge in [-0.25, -0.2) is 0 Å². The van der Waals surface area contributed by atoms with E-state index in [1.807, 2.05) is 68.4 Å². The van der Waals surface area contributed by atoms with Gasteiger partial charge in [-0.2, -0.15) is 18.4 Å². The SMILES string of the molecule is CCOc1ccccc1-c1ccc(C2(NC(=O)CN(C)C)CCN(c3ccc(C(F)(F)F)cc3C#N)CC2)cn1.O=CO. The average Bonchev–Trinajstić information content (AvgIpc) is 2.97. The number of amides is 1. The van der Waals surface area contributed by atoms with Crippen molar-refractivity contribution >= 4 is 18.1 Å². The molecule has 0 unspecified atom stereocenters. The first-order valence-electron chi connectivity index (χ1n) is 13.6. The van der Waals surface area contributed by atoms with E-state index in [2.05, 4.69) is 5.32 Å². The second-order valence-corrected chi connectivity index (χ2v) is 10.2. The Kier molecular flexibility index (Phi) is 11.1. The minimum atomic E-state index is -4.53. The molecule has 0 bridgehead atoms. The van der Waals surface area contributed by atoms with Crippen LogP contribution in [-0.4, -0.2) is 67.7 Å². The van der Waals surface area contributed by atoms with E-state index in [-0.39, 0.29) is 24.5 Å². The molecule has 0 spiro atoms. The van der Waals surface area contributed by atoms with Gasteiger partial charge in [0.15, 0.2) is 0 Å². The molecule has 1 aliphatic rings. The summed E-state index contributed by atoms with van der Waals surface area (Å²) in [5.41, 5.74) is 1.28. The molecule has 1 saturated heterocycles. The van der Waals surface area contributed by atoms with Crippen molar-refractivity contribution in [1.29, 1.82) is 5.26 Å². The first-order chi connectivity index (χ1) is 20.5. The number of pyridine rings is 1. The molecule has 228 valence electrons. The van der Waals surface area contributed by atoms with Gasteiger partial charge >= 0.3 is 6.18 Å². The minimum absolute atomic E-state index is 0.0297. The zero-order valence-corrected chi connectivity index (χ0v) is 24.2. The van der Waals surface area contributed by atoms with Crippen LogP contribution < -0.4 is 15.0 Å². The van der Waals surface area contributed by atoms with Crippen molar-refractivity contribution in [3.05, 3.63) is 77.5 Å². The highest BCUT2D eigenvalue weighted by molar-refractivity contribution is 5.79. The molecule has 0 saturated carbocycles. The summed E-state index contributed by atoms with van der Waals surface area (Å²) >= 11 is 0. The van der Waals surface area contributed by atoms with Crippen molar-refractivity contribution in [2.45, 2.75) is 31.5 Å². The quantitative estimate of drug-likeness (QED) is 0.352. The Hall–Kier alpha value is -4.63. The van der Waals surface area contributed by atoms with E-state index in [0.29, 0.717) is 38.2 Å².